The van der Waals surface area contributed by atoms with E-state index in [-0.39, 0.29) is 41.8 Å². The van der Waals surface area contributed by atoms with E-state index in [2.05, 4.69) is 27.8 Å². The number of rotatable bonds is 5. The molecule has 0 bridgehead atoms. The minimum absolute atomic E-state index is 0. The molecule has 4 rings (SSSR count). The lowest BCUT2D eigenvalue weighted by molar-refractivity contribution is -0.0265. The molecule has 0 spiro atoms. The Balaban J connectivity index is 0.00000289. The smallest absolute Gasteiger partial charge is 0.191 e. The first kappa shape index (κ1) is 24.7. The molecule has 0 aliphatic carbocycles. The first-order chi connectivity index (χ1) is 15.2. The standard InChI is InChI=1S/C24H30F2N4O.HI/c1-27-24(28-15-18-9-6-14-31-23(18)17-7-3-2-4-8-17)29-19-12-13-30(16-19)22-20(25)10-5-11-21(22)26;/h2-5,7-8,10-11,18-19,23H,6,9,12-16H2,1H3,(H2,27,28,29);1H. The maximum absolute atomic E-state index is 14.1. The topological polar surface area (TPSA) is 48.9 Å². The molecule has 32 heavy (non-hydrogen) atoms. The van der Waals surface area contributed by atoms with Gasteiger partial charge in [-0.1, -0.05) is 36.4 Å². The van der Waals surface area contributed by atoms with Gasteiger partial charge in [0.1, 0.15) is 17.3 Å². The largest absolute Gasteiger partial charge is 0.373 e. The number of hydrogen-bond donors (Lipinski definition) is 2. The average Bonchev–Trinajstić information content (AvgIpc) is 3.25. The number of nitrogens with zero attached hydrogens (tertiary/aromatic N) is 2. The lowest BCUT2D eigenvalue weighted by Gasteiger charge is -2.33. The van der Waals surface area contributed by atoms with E-state index in [0.717, 1.165) is 32.4 Å². The van der Waals surface area contributed by atoms with Gasteiger partial charge in [0.05, 0.1) is 6.10 Å². The third-order valence-corrected chi connectivity index (χ3v) is 6.11. The zero-order valence-electron chi connectivity index (χ0n) is 18.3. The van der Waals surface area contributed by atoms with Gasteiger partial charge in [-0.2, -0.15) is 0 Å². The molecule has 2 saturated heterocycles. The van der Waals surface area contributed by atoms with Crippen LogP contribution in [0.5, 0.6) is 0 Å². The Bertz CT molecular complexity index is 879. The summed E-state index contributed by atoms with van der Waals surface area (Å²) in [6, 6.07) is 14.4. The molecule has 0 saturated carbocycles. The molecule has 2 aromatic rings. The van der Waals surface area contributed by atoms with Gasteiger partial charge in [0.15, 0.2) is 5.96 Å². The fourth-order valence-corrected chi connectivity index (χ4v) is 4.55. The van der Waals surface area contributed by atoms with Crippen LogP contribution in [0.1, 0.15) is 30.9 Å². The second-order valence-corrected chi connectivity index (χ2v) is 8.20. The van der Waals surface area contributed by atoms with Gasteiger partial charge in [0, 0.05) is 45.2 Å². The number of aliphatic imine (C=N–C) groups is 1. The Morgan fingerprint density at radius 1 is 1.09 bits per heavy atom. The van der Waals surface area contributed by atoms with Crippen molar-refractivity contribution in [1.82, 2.24) is 10.6 Å². The van der Waals surface area contributed by atoms with Crippen LogP contribution < -0.4 is 15.5 Å². The molecule has 3 unspecified atom stereocenters. The summed E-state index contributed by atoms with van der Waals surface area (Å²) in [6.45, 7) is 2.65. The van der Waals surface area contributed by atoms with Gasteiger partial charge in [-0.15, -0.1) is 24.0 Å². The van der Waals surface area contributed by atoms with Crippen molar-refractivity contribution >= 4 is 35.6 Å². The molecule has 0 amide bonds. The van der Waals surface area contributed by atoms with Crippen LogP contribution in [0.15, 0.2) is 53.5 Å². The number of halogens is 3. The molecule has 3 atom stereocenters. The van der Waals surface area contributed by atoms with Crippen LogP contribution in [0.3, 0.4) is 0 Å². The van der Waals surface area contributed by atoms with Crippen molar-refractivity contribution in [1.29, 1.82) is 0 Å². The lowest BCUT2D eigenvalue weighted by Crippen LogP contribution is -2.46. The molecule has 2 fully saturated rings. The molecule has 0 aromatic heterocycles. The number of para-hydroxylation sites is 1. The summed E-state index contributed by atoms with van der Waals surface area (Å²) >= 11 is 0. The highest BCUT2D eigenvalue weighted by molar-refractivity contribution is 14.0. The number of benzene rings is 2. The first-order valence-electron chi connectivity index (χ1n) is 11.0. The van der Waals surface area contributed by atoms with Gasteiger partial charge >= 0.3 is 0 Å². The molecular formula is C24H31F2IN4O. The van der Waals surface area contributed by atoms with Crippen molar-refractivity contribution in [3.05, 3.63) is 65.7 Å². The average molecular weight is 556 g/mol. The Hall–Kier alpha value is -1.94. The van der Waals surface area contributed by atoms with Gasteiger partial charge in [-0.25, -0.2) is 8.78 Å². The van der Waals surface area contributed by atoms with E-state index in [9.17, 15) is 8.78 Å². The highest BCUT2D eigenvalue weighted by atomic mass is 127. The van der Waals surface area contributed by atoms with Crippen molar-refractivity contribution in [2.45, 2.75) is 31.4 Å². The molecule has 8 heteroatoms. The fraction of sp³-hybridized carbons (Fsp3) is 0.458. The molecule has 5 nitrogen and oxygen atoms in total. The summed E-state index contributed by atoms with van der Waals surface area (Å²) in [4.78, 5) is 6.11. The van der Waals surface area contributed by atoms with Gasteiger partial charge < -0.3 is 20.3 Å². The second-order valence-electron chi connectivity index (χ2n) is 8.20. The maximum atomic E-state index is 14.1. The molecule has 0 radical (unpaired) electrons. The van der Waals surface area contributed by atoms with Gasteiger partial charge in [-0.05, 0) is 37.0 Å². The van der Waals surface area contributed by atoms with E-state index in [4.69, 9.17) is 4.74 Å². The summed E-state index contributed by atoms with van der Waals surface area (Å²) in [5, 5.41) is 6.85. The summed E-state index contributed by atoms with van der Waals surface area (Å²) < 4.78 is 34.3. The van der Waals surface area contributed by atoms with Crippen LogP contribution in [0.4, 0.5) is 14.5 Å². The van der Waals surface area contributed by atoms with Crippen LogP contribution >= 0.6 is 24.0 Å². The van der Waals surface area contributed by atoms with Crippen molar-refractivity contribution in [2.24, 2.45) is 10.9 Å². The number of ether oxygens (including phenoxy) is 1. The molecular weight excluding hydrogens is 525 g/mol. The number of anilines is 1. The van der Waals surface area contributed by atoms with Gasteiger partial charge in [0.25, 0.3) is 0 Å². The van der Waals surface area contributed by atoms with Crippen LogP contribution in [0.2, 0.25) is 0 Å². The SMILES string of the molecule is CN=C(NCC1CCCOC1c1ccccc1)NC1CCN(c2c(F)cccc2F)C1.I. The Labute approximate surface area is 205 Å². The van der Waals surface area contributed by atoms with E-state index in [0.29, 0.717) is 25.0 Å². The third kappa shape index (κ3) is 5.89. The van der Waals surface area contributed by atoms with Crippen molar-refractivity contribution in [3.63, 3.8) is 0 Å². The predicted octanol–water partition coefficient (Wildman–Crippen LogP) is 4.49. The molecule has 2 heterocycles. The van der Waals surface area contributed by atoms with E-state index < -0.39 is 11.6 Å². The quantitative estimate of drug-likeness (QED) is 0.324. The minimum atomic E-state index is -0.521. The Morgan fingerprint density at radius 2 is 1.84 bits per heavy atom. The van der Waals surface area contributed by atoms with Crippen molar-refractivity contribution in [3.8, 4) is 0 Å². The predicted molar refractivity (Wildman–Crippen MR) is 135 cm³/mol. The Kier molecular flexibility index (Phi) is 9.10. The fourth-order valence-electron chi connectivity index (χ4n) is 4.55. The number of hydrogen-bond acceptors (Lipinski definition) is 3. The zero-order chi connectivity index (χ0) is 21.6. The van der Waals surface area contributed by atoms with Crippen LogP contribution in [-0.4, -0.2) is 45.3 Å². The molecule has 2 aliphatic heterocycles. The highest BCUT2D eigenvalue weighted by Crippen LogP contribution is 2.33. The van der Waals surface area contributed by atoms with E-state index in [1.165, 1.54) is 23.8 Å². The minimum Gasteiger partial charge on any atom is -0.373 e. The summed E-state index contributed by atoms with van der Waals surface area (Å²) in [7, 11) is 1.74. The van der Waals surface area contributed by atoms with Crippen LogP contribution in [-0.2, 0) is 4.74 Å². The third-order valence-electron chi connectivity index (χ3n) is 6.11. The van der Waals surface area contributed by atoms with Gasteiger partial charge in [-0.3, -0.25) is 4.99 Å². The second kappa shape index (κ2) is 11.8. The van der Waals surface area contributed by atoms with E-state index in [1.807, 2.05) is 18.2 Å². The van der Waals surface area contributed by atoms with Gasteiger partial charge in [0.2, 0.25) is 0 Å². The first-order valence-corrected chi connectivity index (χ1v) is 11.0. The lowest BCUT2D eigenvalue weighted by atomic mass is 9.89. The maximum Gasteiger partial charge on any atom is 0.191 e. The zero-order valence-corrected chi connectivity index (χ0v) is 20.6. The molecule has 2 N–H and O–H groups in total. The van der Waals surface area contributed by atoms with Crippen LogP contribution in [0, 0.1) is 17.6 Å². The summed E-state index contributed by atoms with van der Waals surface area (Å²) in [5.74, 6) is 0.0142. The Morgan fingerprint density at radius 3 is 2.56 bits per heavy atom. The van der Waals surface area contributed by atoms with E-state index in [1.54, 1.807) is 11.9 Å². The van der Waals surface area contributed by atoms with E-state index >= 15 is 0 Å². The highest BCUT2D eigenvalue weighted by Gasteiger charge is 2.29. The van der Waals surface area contributed by atoms with Crippen molar-refractivity contribution in [2.75, 3.05) is 38.2 Å². The summed E-state index contributed by atoms with van der Waals surface area (Å²) in [6.07, 6.45) is 3.00. The summed E-state index contributed by atoms with van der Waals surface area (Å²) in [5.41, 5.74) is 1.26. The molecule has 2 aliphatic rings. The molecule has 2 aromatic carbocycles. The number of guanidine groups is 1. The number of nitrogens with one attached hydrogen (secondary N) is 2. The molecule has 174 valence electrons. The normalized spacial score (nSPS) is 23.5. The monoisotopic (exact) mass is 556 g/mol. The van der Waals surface area contributed by atoms with Crippen molar-refractivity contribution < 1.29 is 13.5 Å². The van der Waals surface area contributed by atoms with Crippen LogP contribution in [0.25, 0.3) is 0 Å².